The number of hydrogen-bond acceptors (Lipinski definition) is 5. The topological polar surface area (TPSA) is 63.9 Å². The highest BCUT2D eigenvalue weighted by atomic mass is 16.5. The highest BCUT2D eigenvalue weighted by molar-refractivity contribution is 5.43. The van der Waals surface area contributed by atoms with Gasteiger partial charge in [-0.2, -0.15) is 0 Å². The Morgan fingerprint density at radius 2 is 1.81 bits per heavy atom. The third kappa shape index (κ3) is 3.77. The molecule has 1 aromatic carbocycles. The summed E-state index contributed by atoms with van der Waals surface area (Å²) < 4.78 is 16.0. The van der Waals surface area contributed by atoms with Crippen molar-refractivity contribution in [2.45, 2.75) is 26.1 Å². The van der Waals surface area contributed by atoms with E-state index in [1.165, 1.54) is 0 Å². The third-order valence-corrected chi connectivity index (χ3v) is 3.36. The smallest absolute Gasteiger partial charge is 0.161 e. The molecule has 0 saturated carbocycles. The average Bonchev–Trinajstić information content (AvgIpc) is 2.99. The average molecular weight is 291 g/mol. The highest BCUT2D eigenvalue weighted by Gasteiger charge is 2.10. The number of hydrogen-bond donors (Lipinski definition) is 2. The monoisotopic (exact) mass is 291 g/mol. The Bertz CT molecular complexity index is 579. The number of benzene rings is 1. The summed E-state index contributed by atoms with van der Waals surface area (Å²) in [6, 6.07) is 9.62. The molecule has 0 aliphatic rings. The SMILES string of the molecule is COc1ccc(C(C)NCc2ccc(CO)o2)cc1OC. The number of nitrogens with one attached hydrogen (secondary N) is 1. The summed E-state index contributed by atoms with van der Waals surface area (Å²) in [7, 11) is 3.24. The van der Waals surface area contributed by atoms with Crippen molar-refractivity contribution in [1.82, 2.24) is 5.32 Å². The van der Waals surface area contributed by atoms with Gasteiger partial charge in [-0.15, -0.1) is 0 Å². The summed E-state index contributed by atoms with van der Waals surface area (Å²) in [6.07, 6.45) is 0. The lowest BCUT2D eigenvalue weighted by atomic mass is 10.1. The first-order valence-electron chi connectivity index (χ1n) is 6.81. The lowest BCUT2D eigenvalue weighted by Gasteiger charge is -2.16. The predicted octanol–water partition coefficient (Wildman–Crippen LogP) is 2.64. The lowest BCUT2D eigenvalue weighted by molar-refractivity contribution is 0.242. The van der Waals surface area contributed by atoms with Crippen LogP contribution in [0, 0.1) is 0 Å². The van der Waals surface area contributed by atoms with Crippen LogP contribution in [0.2, 0.25) is 0 Å². The first-order chi connectivity index (χ1) is 10.2. The molecule has 5 heteroatoms. The van der Waals surface area contributed by atoms with E-state index in [4.69, 9.17) is 19.0 Å². The summed E-state index contributed by atoms with van der Waals surface area (Å²) in [4.78, 5) is 0. The molecule has 2 N–H and O–H groups in total. The van der Waals surface area contributed by atoms with Crippen LogP contribution in [0.15, 0.2) is 34.7 Å². The van der Waals surface area contributed by atoms with Gasteiger partial charge in [-0.05, 0) is 36.8 Å². The van der Waals surface area contributed by atoms with Crippen molar-refractivity contribution < 1.29 is 19.0 Å². The van der Waals surface area contributed by atoms with Crippen molar-refractivity contribution in [1.29, 1.82) is 0 Å². The number of methoxy groups -OCH3 is 2. The second-order valence-corrected chi connectivity index (χ2v) is 4.74. The van der Waals surface area contributed by atoms with Crippen molar-refractivity contribution in [3.8, 4) is 11.5 Å². The molecular weight excluding hydrogens is 270 g/mol. The van der Waals surface area contributed by atoms with E-state index in [2.05, 4.69) is 12.2 Å². The van der Waals surface area contributed by atoms with E-state index in [9.17, 15) is 0 Å². The molecule has 1 heterocycles. The zero-order valence-electron chi connectivity index (χ0n) is 12.6. The van der Waals surface area contributed by atoms with Gasteiger partial charge in [0, 0.05) is 6.04 Å². The van der Waals surface area contributed by atoms with E-state index in [0.717, 1.165) is 11.3 Å². The zero-order chi connectivity index (χ0) is 15.2. The second kappa shape index (κ2) is 7.15. The van der Waals surface area contributed by atoms with E-state index in [1.54, 1.807) is 20.3 Å². The van der Waals surface area contributed by atoms with Crippen LogP contribution in [-0.2, 0) is 13.2 Å². The van der Waals surface area contributed by atoms with Crippen molar-refractivity contribution in [2.75, 3.05) is 14.2 Å². The molecule has 2 rings (SSSR count). The maximum Gasteiger partial charge on any atom is 0.161 e. The predicted molar refractivity (Wildman–Crippen MR) is 79.4 cm³/mol. The summed E-state index contributed by atoms with van der Waals surface area (Å²) in [5.41, 5.74) is 1.10. The maximum atomic E-state index is 8.97. The zero-order valence-corrected chi connectivity index (χ0v) is 12.6. The molecule has 0 aliphatic heterocycles. The minimum Gasteiger partial charge on any atom is -0.493 e. The molecule has 0 aliphatic carbocycles. The van der Waals surface area contributed by atoms with Gasteiger partial charge in [-0.25, -0.2) is 0 Å². The Kier molecular flexibility index (Phi) is 5.25. The largest absolute Gasteiger partial charge is 0.493 e. The Morgan fingerprint density at radius 1 is 1.10 bits per heavy atom. The molecular formula is C16H21NO4. The molecule has 0 bridgehead atoms. The van der Waals surface area contributed by atoms with Gasteiger partial charge in [0.1, 0.15) is 18.1 Å². The molecule has 0 saturated heterocycles. The minimum atomic E-state index is -0.0781. The van der Waals surface area contributed by atoms with Crippen molar-refractivity contribution in [3.63, 3.8) is 0 Å². The number of furan rings is 1. The Labute approximate surface area is 124 Å². The van der Waals surface area contributed by atoms with Gasteiger partial charge in [0.2, 0.25) is 0 Å². The molecule has 21 heavy (non-hydrogen) atoms. The summed E-state index contributed by atoms with van der Waals surface area (Å²) in [5, 5.41) is 12.3. The number of rotatable bonds is 7. The maximum absolute atomic E-state index is 8.97. The van der Waals surface area contributed by atoms with Gasteiger partial charge in [-0.3, -0.25) is 0 Å². The molecule has 0 fully saturated rings. The molecule has 1 atom stereocenters. The minimum absolute atomic E-state index is 0.0781. The fraction of sp³-hybridized carbons (Fsp3) is 0.375. The Morgan fingerprint density at radius 3 is 2.43 bits per heavy atom. The van der Waals surface area contributed by atoms with Crippen LogP contribution in [0.25, 0.3) is 0 Å². The standard InChI is InChI=1S/C16H21NO4/c1-11(17-9-13-5-6-14(10-18)21-13)12-4-7-15(19-2)16(8-12)20-3/h4-8,11,17-18H,9-10H2,1-3H3. The summed E-state index contributed by atoms with van der Waals surface area (Å²) >= 11 is 0. The third-order valence-electron chi connectivity index (χ3n) is 3.36. The normalized spacial score (nSPS) is 12.2. The summed E-state index contributed by atoms with van der Waals surface area (Å²) in [6.45, 7) is 2.58. The van der Waals surface area contributed by atoms with E-state index in [-0.39, 0.29) is 12.6 Å². The molecule has 114 valence electrons. The van der Waals surface area contributed by atoms with Crippen molar-refractivity contribution in [2.24, 2.45) is 0 Å². The van der Waals surface area contributed by atoms with Crippen LogP contribution >= 0.6 is 0 Å². The van der Waals surface area contributed by atoms with Gasteiger partial charge >= 0.3 is 0 Å². The van der Waals surface area contributed by atoms with E-state index >= 15 is 0 Å². The molecule has 0 spiro atoms. The van der Waals surface area contributed by atoms with Gasteiger partial charge < -0.3 is 24.3 Å². The van der Waals surface area contributed by atoms with Gasteiger partial charge in [0.25, 0.3) is 0 Å². The van der Waals surface area contributed by atoms with E-state index < -0.39 is 0 Å². The first-order valence-corrected chi connectivity index (χ1v) is 6.81. The lowest BCUT2D eigenvalue weighted by Crippen LogP contribution is -2.17. The van der Waals surface area contributed by atoms with Crippen LogP contribution in [-0.4, -0.2) is 19.3 Å². The number of ether oxygens (including phenoxy) is 2. The fourth-order valence-electron chi connectivity index (χ4n) is 2.10. The van der Waals surface area contributed by atoms with Crippen molar-refractivity contribution in [3.05, 3.63) is 47.4 Å². The number of aliphatic hydroxyl groups excluding tert-OH is 1. The molecule has 2 aromatic rings. The number of aliphatic hydroxyl groups is 1. The van der Waals surface area contributed by atoms with E-state index in [0.29, 0.717) is 23.8 Å². The molecule has 5 nitrogen and oxygen atoms in total. The Balaban J connectivity index is 2.01. The van der Waals surface area contributed by atoms with Crippen LogP contribution < -0.4 is 14.8 Å². The molecule has 0 radical (unpaired) electrons. The van der Waals surface area contributed by atoms with Crippen LogP contribution in [0.3, 0.4) is 0 Å². The van der Waals surface area contributed by atoms with Crippen LogP contribution in [0.5, 0.6) is 11.5 Å². The fourth-order valence-corrected chi connectivity index (χ4v) is 2.10. The van der Waals surface area contributed by atoms with Crippen molar-refractivity contribution >= 4 is 0 Å². The van der Waals surface area contributed by atoms with Gasteiger partial charge in [0.15, 0.2) is 11.5 Å². The second-order valence-electron chi connectivity index (χ2n) is 4.74. The first kappa shape index (κ1) is 15.4. The van der Waals surface area contributed by atoms with E-state index in [1.807, 2.05) is 24.3 Å². The molecule has 1 unspecified atom stereocenters. The molecule has 0 amide bonds. The van der Waals surface area contributed by atoms with Crippen LogP contribution in [0.4, 0.5) is 0 Å². The quantitative estimate of drug-likeness (QED) is 0.821. The van der Waals surface area contributed by atoms with Crippen LogP contribution in [0.1, 0.15) is 30.0 Å². The van der Waals surface area contributed by atoms with Gasteiger partial charge in [0.05, 0.1) is 20.8 Å². The highest BCUT2D eigenvalue weighted by Crippen LogP contribution is 2.29. The molecule has 1 aromatic heterocycles. The van der Waals surface area contributed by atoms with Gasteiger partial charge in [-0.1, -0.05) is 6.07 Å². The summed E-state index contributed by atoms with van der Waals surface area (Å²) in [5.74, 6) is 2.80. The Hall–Kier alpha value is -1.98.